The lowest BCUT2D eigenvalue weighted by atomic mass is 10.1. The van der Waals surface area contributed by atoms with Crippen molar-refractivity contribution >= 4 is 21.8 Å². The maximum Gasteiger partial charge on any atom is 0.255 e. The molecule has 1 aliphatic rings. The lowest BCUT2D eigenvalue weighted by molar-refractivity contribution is 0.0766. The Morgan fingerprint density at radius 2 is 1.89 bits per heavy atom. The number of hydrogen-bond acceptors (Lipinski definition) is 1. The maximum absolute atomic E-state index is 12.4. The molecular formula is C16H14BrNO. The molecule has 0 bridgehead atoms. The second-order valence-corrected chi connectivity index (χ2v) is 5.78. The lowest BCUT2D eigenvalue weighted by Gasteiger charge is -2.15. The molecular weight excluding hydrogens is 302 g/mol. The van der Waals surface area contributed by atoms with E-state index in [1.807, 2.05) is 23.1 Å². The molecule has 1 heterocycles. The first-order chi connectivity index (χ1) is 9.15. The SMILES string of the molecule is Cc1ccc(CN2Cc3cccc(Br)c3C2=O)cc1. The largest absolute Gasteiger partial charge is 0.330 e. The Balaban J connectivity index is 1.84. The van der Waals surface area contributed by atoms with Crippen molar-refractivity contribution in [1.82, 2.24) is 4.90 Å². The summed E-state index contributed by atoms with van der Waals surface area (Å²) in [5, 5.41) is 0. The summed E-state index contributed by atoms with van der Waals surface area (Å²) in [7, 11) is 0. The molecule has 3 heteroatoms. The first-order valence-corrected chi connectivity index (χ1v) is 7.06. The first-order valence-electron chi connectivity index (χ1n) is 6.27. The average Bonchev–Trinajstić information content (AvgIpc) is 2.71. The van der Waals surface area contributed by atoms with Gasteiger partial charge in [-0.05, 0) is 40.0 Å². The minimum absolute atomic E-state index is 0.114. The van der Waals surface area contributed by atoms with Crippen LogP contribution in [0.2, 0.25) is 0 Å². The van der Waals surface area contributed by atoms with E-state index in [1.54, 1.807) is 0 Å². The van der Waals surface area contributed by atoms with Crippen LogP contribution in [0.3, 0.4) is 0 Å². The monoisotopic (exact) mass is 315 g/mol. The smallest absolute Gasteiger partial charge is 0.255 e. The molecule has 19 heavy (non-hydrogen) atoms. The fourth-order valence-corrected chi connectivity index (χ4v) is 2.99. The second kappa shape index (κ2) is 4.82. The third kappa shape index (κ3) is 2.30. The Morgan fingerprint density at radius 1 is 1.16 bits per heavy atom. The van der Waals surface area contributed by atoms with E-state index in [0.29, 0.717) is 13.1 Å². The van der Waals surface area contributed by atoms with Gasteiger partial charge in [-0.15, -0.1) is 0 Å². The molecule has 0 saturated carbocycles. The zero-order chi connectivity index (χ0) is 13.4. The van der Waals surface area contributed by atoms with Crippen molar-refractivity contribution in [2.75, 3.05) is 0 Å². The molecule has 96 valence electrons. The maximum atomic E-state index is 12.4. The van der Waals surface area contributed by atoms with E-state index in [4.69, 9.17) is 0 Å². The van der Waals surface area contributed by atoms with Gasteiger partial charge < -0.3 is 4.90 Å². The van der Waals surface area contributed by atoms with Gasteiger partial charge in [-0.2, -0.15) is 0 Å². The number of carbonyl (C=O) groups is 1. The summed E-state index contributed by atoms with van der Waals surface area (Å²) in [4.78, 5) is 14.3. The van der Waals surface area contributed by atoms with Gasteiger partial charge in [-0.1, -0.05) is 42.0 Å². The van der Waals surface area contributed by atoms with Crippen molar-refractivity contribution in [2.24, 2.45) is 0 Å². The number of benzene rings is 2. The normalized spacial score (nSPS) is 13.8. The van der Waals surface area contributed by atoms with Gasteiger partial charge in [0, 0.05) is 17.6 Å². The van der Waals surface area contributed by atoms with Crippen LogP contribution in [0.5, 0.6) is 0 Å². The van der Waals surface area contributed by atoms with E-state index < -0.39 is 0 Å². The number of carbonyl (C=O) groups excluding carboxylic acids is 1. The van der Waals surface area contributed by atoms with E-state index in [2.05, 4.69) is 47.1 Å². The highest BCUT2D eigenvalue weighted by molar-refractivity contribution is 9.10. The van der Waals surface area contributed by atoms with E-state index >= 15 is 0 Å². The van der Waals surface area contributed by atoms with E-state index in [0.717, 1.165) is 15.6 Å². The van der Waals surface area contributed by atoms with Gasteiger partial charge in [0.05, 0.1) is 5.56 Å². The quantitative estimate of drug-likeness (QED) is 0.822. The van der Waals surface area contributed by atoms with E-state index in [-0.39, 0.29) is 5.91 Å². The summed E-state index contributed by atoms with van der Waals surface area (Å²) in [6.45, 7) is 3.43. The number of hydrogen-bond donors (Lipinski definition) is 0. The molecule has 0 radical (unpaired) electrons. The van der Waals surface area contributed by atoms with Gasteiger partial charge in [-0.3, -0.25) is 4.79 Å². The van der Waals surface area contributed by atoms with Crippen LogP contribution >= 0.6 is 15.9 Å². The van der Waals surface area contributed by atoms with Gasteiger partial charge in [0.25, 0.3) is 5.91 Å². The van der Waals surface area contributed by atoms with Crippen molar-refractivity contribution in [2.45, 2.75) is 20.0 Å². The van der Waals surface area contributed by atoms with Crippen molar-refractivity contribution in [3.63, 3.8) is 0 Å². The zero-order valence-corrected chi connectivity index (χ0v) is 12.3. The number of aryl methyl sites for hydroxylation is 1. The van der Waals surface area contributed by atoms with Crippen molar-refractivity contribution in [3.8, 4) is 0 Å². The van der Waals surface area contributed by atoms with Crippen LogP contribution in [-0.4, -0.2) is 10.8 Å². The standard InChI is InChI=1S/C16H14BrNO/c1-11-5-7-12(8-6-11)9-18-10-13-3-2-4-14(17)15(13)16(18)19/h2-8H,9-10H2,1H3. The molecule has 0 fully saturated rings. The molecule has 0 atom stereocenters. The number of amides is 1. The fraction of sp³-hybridized carbons (Fsp3) is 0.188. The number of rotatable bonds is 2. The molecule has 0 aromatic heterocycles. The van der Waals surface area contributed by atoms with Crippen LogP contribution in [0.15, 0.2) is 46.9 Å². The number of fused-ring (bicyclic) bond motifs is 1. The Morgan fingerprint density at radius 3 is 2.58 bits per heavy atom. The van der Waals surface area contributed by atoms with Gasteiger partial charge in [-0.25, -0.2) is 0 Å². The third-order valence-corrected chi connectivity index (χ3v) is 4.12. The van der Waals surface area contributed by atoms with Crippen LogP contribution < -0.4 is 0 Å². The highest BCUT2D eigenvalue weighted by Gasteiger charge is 2.28. The molecule has 2 nitrogen and oxygen atoms in total. The highest BCUT2D eigenvalue weighted by Crippen LogP contribution is 2.30. The molecule has 0 spiro atoms. The van der Waals surface area contributed by atoms with Crippen LogP contribution in [0.1, 0.15) is 27.0 Å². The molecule has 2 aromatic carbocycles. The van der Waals surface area contributed by atoms with Crippen molar-refractivity contribution < 1.29 is 4.79 Å². The van der Waals surface area contributed by atoms with E-state index in [9.17, 15) is 4.79 Å². The third-order valence-electron chi connectivity index (χ3n) is 3.46. The van der Waals surface area contributed by atoms with Crippen molar-refractivity contribution in [1.29, 1.82) is 0 Å². The fourth-order valence-electron chi connectivity index (χ4n) is 2.42. The van der Waals surface area contributed by atoms with E-state index in [1.165, 1.54) is 11.1 Å². The lowest BCUT2D eigenvalue weighted by Crippen LogP contribution is -2.23. The van der Waals surface area contributed by atoms with Gasteiger partial charge in [0.2, 0.25) is 0 Å². The molecule has 1 amide bonds. The molecule has 1 aliphatic heterocycles. The Labute approximate surface area is 121 Å². The molecule has 2 aromatic rings. The van der Waals surface area contributed by atoms with Crippen molar-refractivity contribution in [3.05, 3.63) is 69.2 Å². The number of halogens is 1. The summed E-state index contributed by atoms with van der Waals surface area (Å²) in [6.07, 6.45) is 0. The second-order valence-electron chi connectivity index (χ2n) is 4.92. The molecule has 3 rings (SSSR count). The summed E-state index contributed by atoms with van der Waals surface area (Å²) in [5.41, 5.74) is 4.33. The summed E-state index contributed by atoms with van der Waals surface area (Å²) >= 11 is 3.46. The predicted molar refractivity (Wildman–Crippen MR) is 78.9 cm³/mol. The Bertz CT molecular complexity index is 634. The average molecular weight is 316 g/mol. The van der Waals surface area contributed by atoms with Crippen LogP contribution in [0.25, 0.3) is 0 Å². The first kappa shape index (κ1) is 12.4. The zero-order valence-electron chi connectivity index (χ0n) is 10.7. The van der Waals surface area contributed by atoms with Crippen LogP contribution in [0.4, 0.5) is 0 Å². The molecule has 0 N–H and O–H groups in total. The molecule has 0 unspecified atom stereocenters. The van der Waals surface area contributed by atoms with Gasteiger partial charge in [0.1, 0.15) is 0 Å². The number of nitrogens with zero attached hydrogens (tertiary/aromatic N) is 1. The van der Waals surface area contributed by atoms with Crippen LogP contribution in [-0.2, 0) is 13.1 Å². The van der Waals surface area contributed by atoms with Gasteiger partial charge >= 0.3 is 0 Å². The Kier molecular flexibility index (Phi) is 3.15. The van der Waals surface area contributed by atoms with Gasteiger partial charge in [0.15, 0.2) is 0 Å². The summed E-state index contributed by atoms with van der Waals surface area (Å²) in [5.74, 6) is 0.114. The molecule has 0 aliphatic carbocycles. The minimum Gasteiger partial charge on any atom is -0.330 e. The topological polar surface area (TPSA) is 20.3 Å². The summed E-state index contributed by atoms with van der Waals surface area (Å²) in [6, 6.07) is 14.3. The van der Waals surface area contributed by atoms with Crippen LogP contribution in [0, 0.1) is 6.92 Å². The highest BCUT2D eigenvalue weighted by atomic mass is 79.9. The summed E-state index contributed by atoms with van der Waals surface area (Å²) < 4.78 is 0.890. The molecule has 0 saturated heterocycles. The Hall–Kier alpha value is -1.61. The predicted octanol–water partition coefficient (Wildman–Crippen LogP) is 3.91. The minimum atomic E-state index is 0.114.